The van der Waals surface area contributed by atoms with Gasteiger partial charge in [0.25, 0.3) is 0 Å². The summed E-state index contributed by atoms with van der Waals surface area (Å²) in [7, 11) is 4.14. The van der Waals surface area contributed by atoms with Gasteiger partial charge in [-0.15, -0.1) is 0 Å². The van der Waals surface area contributed by atoms with Gasteiger partial charge in [0.1, 0.15) is 0 Å². The van der Waals surface area contributed by atoms with Gasteiger partial charge in [0, 0.05) is 0 Å². The SMILES string of the molecule is C[C@@H](Br)C(=O)C(CCCN(C)C)(c1ccccc1)c1ccccc1. The van der Waals surface area contributed by atoms with E-state index < -0.39 is 5.41 Å². The van der Waals surface area contributed by atoms with Gasteiger partial charge in [-0.25, -0.2) is 0 Å². The van der Waals surface area contributed by atoms with Crippen molar-refractivity contribution < 1.29 is 4.79 Å². The van der Waals surface area contributed by atoms with Crippen molar-refractivity contribution in [3.8, 4) is 0 Å². The zero-order valence-corrected chi connectivity index (χ0v) is 16.3. The second-order valence-corrected chi connectivity index (χ2v) is 7.90. The number of ketones is 1. The van der Waals surface area contributed by atoms with Crippen LogP contribution in [-0.4, -0.2) is 36.2 Å². The largest absolute Gasteiger partial charge is 0.309 e. The first-order valence-electron chi connectivity index (χ1n) is 8.42. The maximum absolute atomic E-state index is 13.4. The highest BCUT2D eigenvalue weighted by atomic mass is 79.9. The summed E-state index contributed by atoms with van der Waals surface area (Å²) in [5.41, 5.74) is 1.54. The van der Waals surface area contributed by atoms with Crippen LogP contribution in [0.25, 0.3) is 0 Å². The van der Waals surface area contributed by atoms with Crippen molar-refractivity contribution in [2.24, 2.45) is 0 Å². The zero-order valence-electron chi connectivity index (χ0n) is 14.7. The molecule has 0 amide bonds. The molecule has 0 fully saturated rings. The van der Waals surface area contributed by atoms with E-state index in [1.165, 1.54) is 0 Å². The molecule has 0 aliphatic carbocycles. The van der Waals surface area contributed by atoms with E-state index in [0.29, 0.717) is 0 Å². The Morgan fingerprint density at radius 1 is 1.00 bits per heavy atom. The van der Waals surface area contributed by atoms with Crippen molar-refractivity contribution in [3.05, 3.63) is 71.8 Å². The fraction of sp³-hybridized carbons (Fsp3) is 0.381. The number of hydrogen-bond donors (Lipinski definition) is 0. The van der Waals surface area contributed by atoms with Gasteiger partial charge in [-0.05, 0) is 51.5 Å². The molecule has 2 aromatic carbocycles. The van der Waals surface area contributed by atoms with E-state index in [-0.39, 0.29) is 10.6 Å². The third kappa shape index (κ3) is 4.14. The molecule has 128 valence electrons. The second-order valence-electron chi connectivity index (χ2n) is 6.52. The molecule has 0 bridgehead atoms. The highest BCUT2D eigenvalue weighted by Crippen LogP contribution is 2.39. The Morgan fingerprint density at radius 2 is 1.46 bits per heavy atom. The number of carbonyl (C=O) groups excluding carboxylic acids is 1. The number of Topliss-reactive ketones (excluding diaryl/α,β-unsaturated/α-hetero) is 1. The first kappa shape index (κ1) is 18.9. The molecule has 0 radical (unpaired) electrons. The molecule has 0 aliphatic rings. The minimum absolute atomic E-state index is 0.197. The van der Waals surface area contributed by atoms with Crippen LogP contribution in [0.4, 0.5) is 0 Å². The lowest BCUT2D eigenvalue weighted by atomic mass is 9.67. The normalized spacial score (nSPS) is 13.0. The van der Waals surface area contributed by atoms with Gasteiger partial charge in [0.15, 0.2) is 5.78 Å². The van der Waals surface area contributed by atoms with Crippen LogP contribution in [0.1, 0.15) is 30.9 Å². The quantitative estimate of drug-likeness (QED) is 0.613. The number of nitrogens with zero attached hydrogens (tertiary/aromatic N) is 1. The number of rotatable bonds is 8. The Balaban J connectivity index is 2.57. The molecule has 0 heterocycles. The fourth-order valence-electron chi connectivity index (χ4n) is 3.31. The van der Waals surface area contributed by atoms with Crippen LogP contribution >= 0.6 is 15.9 Å². The fourth-order valence-corrected chi connectivity index (χ4v) is 3.70. The van der Waals surface area contributed by atoms with Crippen LogP contribution in [0.5, 0.6) is 0 Å². The summed E-state index contributed by atoms with van der Waals surface area (Å²) in [4.78, 5) is 15.4. The molecule has 2 rings (SSSR count). The summed E-state index contributed by atoms with van der Waals surface area (Å²) in [6, 6.07) is 20.4. The Kier molecular flexibility index (Phi) is 6.76. The summed E-state index contributed by atoms with van der Waals surface area (Å²) in [5.74, 6) is 0.221. The van der Waals surface area contributed by atoms with Crippen LogP contribution in [-0.2, 0) is 10.2 Å². The lowest BCUT2D eigenvalue weighted by Crippen LogP contribution is -2.41. The molecule has 2 aromatic rings. The number of alkyl halides is 1. The minimum atomic E-state index is -0.610. The van der Waals surface area contributed by atoms with Crippen LogP contribution in [0, 0.1) is 0 Å². The van der Waals surface area contributed by atoms with E-state index in [9.17, 15) is 4.79 Å². The van der Waals surface area contributed by atoms with E-state index in [4.69, 9.17) is 0 Å². The molecule has 0 aromatic heterocycles. The average Bonchev–Trinajstić information content (AvgIpc) is 2.59. The van der Waals surface area contributed by atoms with Crippen LogP contribution in [0.2, 0.25) is 0 Å². The molecule has 0 spiro atoms. The highest BCUT2D eigenvalue weighted by molar-refractivity contribution is 9.10. The zero-order chi connectivity index (χ0) is 17.6. The van der Waals surface area contributed by atoms with Gasteiger partial charge < -0.3 is 4.90 Å². The van der Waals surface area contributed by atoms with Crippen LogP contribution in [0.15, 0.2) is 60.7 Å². The summed E-state index contributed by atoms with van der Waals surface area (Å²) in [6.07, 6.45) is 1.76. The Labute approximate surface area is 154 Å². The molecule has 0 N–H and O–H groups in total. The molecule has 0 saturated heterocycles. The van der Waals surface area contributed by atoms with E-state index in [1.54, 1.807) is 0 Å². The van der Waals surface area contributed by atoms with Crippen molar-refractivity contribution >= 4 is 21.7 Å². The molecular weight excluding hydrogens is 362 g/mol. The number of hydrogen-bond acceptors (Lipinski definition) is 2. The van der Waals surface area contributed by atoms with E-state index >= 15 is 0 Å². The summed E-state index contributed by atoms with van der Waals surface area (Å²) in [6.45, 7) is 2.89. The van der Waals surface area contributed by atoms with Crippen LogP contribution < -0.4 is 0 Å². The van der Waals surface area contributed by atoms with E-state index in [0.717, 1.165) is 30.5 Å². The van der Waals surface area contributed by atoms with Crippen molar-refractivity contribution in [1.82, 2.24) is 4.90 Å². The van der Waals surface area contributed by atoms with Gasteiger partial charge >= 0.3 is 0 Å². The Bertz CT molecular complexity index is 598. The monoisotopic (exact) mass is 387 g/mol. The first-order chi connectivity index (χ1) is 11.5. The molecule has 0 aliphatic heterocycles. The smallest absolute Gasteiger partial charge is 0.161 e. The van der Waals surface area contributed by atoms with Crippen molar-refractivity contribution in [3.63, 3.8) is 0 Å². The number of halogens is 1. The molecule has 2 nitrogen and oxygen atoms in total. The standard InChI is InChI=1S/C21H26BrNO/c1-17(22)20(24)21(15-10-16-23(2)3,18-11-6-4-7-12-18)19-13-8-5-9-14-19/h4-9,11-14,17H,10,15-16H2,1-3H3/t17-/m1/s1. The van der Waals surface area contributed by atoms with Crippen LogP contribution in [0.3, 0.4) is 0 Å². The molecule has 0 saturated carbocycles. The Morgan fingerprint density at radius 3 is 1.83 bits per heavy atom. The number of benzene rings is 2. The van der Waals surface area contributed by atoms with E-state index in [2.05, 4.69) is 59.2 Å². The average molecular weight is 388 g/mol. The maximum Gasteiger partial charge on any atom is 0.161 e. The van der Waals surface area contributed by atoms with Gasteiger partial charge in [-0.1, -0.05) is 76.6 Å². The predicted octanol–water partition coefficient (Wildman–Crippen LogP) is 4.67. The van der Waals surface area contributed by atoms with Gasteiger partial charge in [-0.3, -0.25) is 4.79 Å². The minimum Gasteiger partial charge on any atom is -0.309 e. The summed E-state index contributed by atoms with van der Waals surface area (Å²) >= 11 is 3.53. The maximum atomic E-state index is 13.4. The highest BCUT2D eigenvalue weighted by Gasteiger charge is 2.42. The Hall–Kier alpha value is -1.45. The van der Waals surface area contributed by atoms with Gasteiger partial charge in [0.2, 0.25) is 0 Å². The molecular formula is C21H26BrNO. The van der Waals surface area contributed by atoms with Crippen molar-refractivity contribution in [1.29, 1.82) is 0 Å². The third-order valence-electron chi connectivity index (χ3n) is 4.47. The summed E-state index contributed by atoms with van der Waals surface area (Å²) in [5, 5.41) is 0. The molecule has 1 atom stereocenters. The molecule has 0 unspecified atom stereocenters. The number of carbonyl (C=O) groups is 1. The van der Waals surface area contributed by atoms with Gasteiger partial charge in [-0.2, -0.15) is 0 Å². The lowest BCUT2D eigenvalue weighted by molar-refractivity contribution is -0.122. The first-order valence-corrected chi connectivity index (χ1v) is 9.34. The predicted molar refractivity (Wildman–Crippen MR) is 105 cm³/mol. The topological polar surface area (TPSA) is 20.3 Å². The molecule has 24 heavy (non-hydrogen) atoms. The lowest BCUT2D eigenvalue weighted by Gasteiger charge is -2.35. The third-order valence-corrected chi connectivity index (χ3v) is 4.89. The summed E-state index contributed by atoms with van der Waals surface area (Å²) < 4.78 is 0. The van der Waals surface area contributed by atoms with Gasteiger partial charge in [0.05, 0.1) is 10.2 Å². The second kappa shape index (κ2) is 8.59. The van der Waals surface area contributed by atoms with Crippen molar-refractivity contribution in [2.75, 3.05) is 20.6 Å². The molecule has 3 heteroatoms. The van der Waals surface area contributed by atoms with E-state index in [1.807, 2.05) is 43.3 Å². The van der Waals surface area contributed by atoms with Crippen molar-refractivity contribution in [2.45, 2.75) is 30.0 Å².